The first kappa shape index (κ1) is 31.5. The summed E-state index contributed by atoms with van der Waals surface area (Å²) in [4.78, 5) is 22.3. The van der Waals surface area contributed by atoms with Crippen molar-refractivity contribution in [2.24, 2.45) is 27.6 Å². The largest absolute Gasteiger partial charge is 1.00 e. The summed E-state index contributed by atoms with van der Waals surface area (Å²) in [6, 6.07) is 2.25. The number of hydrogen-bond donors (Lipinski definition) is 1. The molecule has 190 valence electrons. The van der Waals surface area contributed by atoms with Crippen LogP contribution >= 0.6 is 0 Å². The van der Waals surface area contributed by atoms with E-state index in [1.807, 2.05) is 13.8 Å². The Kier molecular flexibility index (Phi) is 11.3. The molecule has 3 atom stereocenters. The van der Waals surface area contributed by atoms with E-state index in [9.17, 15) is 14.7 Å². The lowest BCUT2D eigenvalue weighted by Crippen LogP contribution is -2.34. The van der Waals surface area contributed by atoms with Crippen molar-refractivity contribution >= 4 is 11.6 Å². The van der Waals surface area contributed by atoms with E-state index >= 15 is 0 Å². The molecule has 0 saturated heterocycles. The van der Waals surface area contributed by atoms with Crippen molar-refractivity contribution in [3.8, 4) is 6.07 Å². The Morgan fingerprint density at radius 1 is 0.939 bits per heavy atom. The van der Waals surface area contributed by atoms with Gasteiger partial charge >= 0.3 is 1.43 Å². The minimum atomic E-state index is -0.418. The number of nitriles is 1. The normalized spacial score (nSPS) is 31.8. The van der Waals surface area contributed by atoms with Crippen LogP contribution in [-0.4, -0.2) is 22.8 Å². The van der Waals surface area contributed by atoms with Gasteiger partial charge in [0.05, 0.1) is 17.6 Å². The van der Waals surface area contributed by atoms with Crippen LogP contribution in [0.5, 0.6) is 0 Å². The smallest absolute Gasteiger partial charge is 0.393 e. The summed E-state index contributed by atoms with van der Waals surface area (Å²) in [5.74, 6) is 1.22. The summed E-state index contributed by atoms with van der Waals surface area (Å²) in [7, 11) is 0. The molecular weight excluding hydrogens is 410 g/mol. The van der Waals surface area contributed by atoms with Gasteiger partial charge in [-0.2, -0.15) is 5.26 Å². The van der Waals surface area contributed by atoms with Crippen LogP contribution in [0.2, 0.25) is 0 Å². The predicted octanol–water partition coefficient (Wildman–Crippen LogP) is 7.56. The Morgan fingerprint density at radius 2 is 1.52 bits per heavy atom. The van der Waals surface area contributed by atoms with Crippen molar-refractivity contribution in [2.75, 3.05) is 0 Å². The number of allylic oxidation sites excluding steroid dienone is 2. The van der Waals surface area contributed by atoms with Crippen molar-refractivity contribution in [1.29, 1.82) is 5.26 Å². The molecular formula is C29H52NO3+. The Morgan fingerprint density at radius 3 is 1.91 bits per heavy atom. The third-order valence-corrected chi connectivity index (χ3v) is 6.58. The molecule has 0 amide bonds. The van der Waals surface area contributed by atoms with Gasteiger partial charge in [-0.05, 0) is 74.2 Å². The molecule has 3 aliphatic rings. The molecule has 3 aliphatic carbocycles. The van der Waals surface area contributed by atoms with Crippen molar-refractivity contribution in [1.82, 2.24) is 0 Å². The molecule has 0 aliphatic heterocycles. The van der Waals surface area contributed by atoms with Gasteiger partial charge in [0, 0.05) is 19.3 Å². The van der Waals surface area contributed by atoms with E-state index in [1.165, 1.54) is 12.0 Å². The van der Waals surface area contributed by atoms with Crippen LogP contribution in [0.15, 0.2) is 11.6 Å². The predicted molar refractivity (Wildman–Crippen MR) is 139 cm³/mol. The van der Waals surface area contributed by atoms with Crippen LogP contribution in [-0.2, 0) is 9.59 Å². The minimum absolute atomic E-state index is 0. The molecule has 0 aromatic carbocycles. The second-order valence-electron chi connectivity index (χ2n) is 13.4. The van der Waals surface area contributed by atoms with Crippen LogP contribution in [0.4, 0.5) is 0 Å². The molecule has 2 fully saturated rings. The zero-order valence-corrected chi connectivity index (χ0v) is 22.1. The quantitative estimate of drug-likeness (QED) is 0.403. The number of carbonyl (C=O) groups excluding carboxylic acids is 2. The number of nitrogens with zero attached hydrogens (tertiary/aromatic N) is 1. The number of Topliss-reactive ketones (excluding diaryl/α,β-unsaturated/α-hetero) is 1. The fourth-order valence-electron chi connectivity index (χ4n) is 6.25. The molecule has 0 radical (unpaired) electrons. The maximum absolute atomic E-state index is 11.3. The van der Waals surface area contributed by atoms with Crippen LogP contribution < -0.4 is 0 Å². The molecule has 0 heterocycles. The monoisotopic (exact) mass is 462 g/mol. The summed E-state index contributed by atoms with van der Waals surface area (Å²) in [5, 5.41) is 18.3. The summed E-state index contributed by atoms with van der Waals surface area (Å²) in [6.45, 7) is 19.0. The Balaban J connectivity index is 0. The maximum Gasteiger partial charge on any atom is 1.00 e. The zero-order valence-electron chi connectivity index (χ0n) is 23.1. The summed E-state index contributed by atoms with van der Waals surface area (Å²) < 4.78 is 0. The van der Waals surface area contributed by atoms with Gasteiger partial charge in [-0.1, -0.05) is 61.5 Å². The molecule has 0 aromatic rings. The van der Waals surface area contributed by atoms with Gasteiger partial charge < -0.3 is 5.11 Å². The number of aliphatic hydroxyl groups is 1. The average molecular weight is 463 g/mol. The molecule has 2 saturated carbocycles. The molecule has 0 bridgehead atoms. The molecule has 4 heteroatoms. The molecule has 0 spiro atoms. The van der Waals surface area contributed by atoms with E-state index in [0.29, 0.717) is 30.6 Å². The van der Waals surface area contributed by atoms with E-state index in [2.05, 4.69) is 54.5 Å². The third kappa shape index (κ3) is 12.0. The first-order valence-corrected chi connectivity index (χ1v) is 12.2. The average Bonchev–Trinajstić information content (AvgIpc) is 2.48. The van der Waals surface area contributed by atoms with Crippen LogP contribution in [0.1, 0.15) is 123 Å². The van der Waals surface area contributed by atoms with Gasteiger partial charge in [0.1, 0.15) is 5.78 Å². The topological polar surface area (TPSA) is 78.2 Å². The minimum Gasteiger partial charge on any atom is -0.393 e. The lowest BCUT2D eigenvalue weighted by atomic mass is 9.65. The second kappa shape index (κ2) is 11.8. The van der Waals surface area contributed by atoms with Gasteiger partial charge in [-0.15, -0.1) is 0 Å². The van der Waals surface area contributed by atoms with E-state index in [4.69, 9.17) is 5.26 Å². The zero-order chi connectivity index (χ0) is 25.0. The Labute approximate surface area is 205 Å². The standard InChI is InChI=1S/C10H15NO.C9H18O.C9H14O.CH4/c1-9(2)4-8(12)5-10(3,6-9)7-11;2*1-7-4-8(10)6-9(2,3)5-7;/h4-6H2,1-3H3;7-8,10H,4-6H2,1-3H3;4H,5-6H2,1-3H3;1H4/p+1. The summed E-state index contributed by atoms with van der Waals surface area (Å²) in [6.07, 6.45) is 8.66. The van der Waals surface area contributed by atoms with E-state index in [1.54, 1.807) is 6.08 Å². The molecule has 3 unspecified atom stereocenters. The highest BCUT2D eigenvalue weighted by Gasteiger charge is 2.40. The second-order valence-corrected chi connectivity index (χ2v) is 13.4. The number of carbonyl (C=O) groups is 2. The lowest BCUT2D eigenvalue weighted by molar-refractivity contribution is -0.126. The Bertz CT molecular complexity index is 748. The highest BCUT2D eigenvalue weighted by atomic mass is 16.3. The SMILES string of the molecule is C.CC1(C)CC(=O)CC(C)(C#N)C1.CC1=CC(=O)CC(C)(C)C1.CC1CC(O)CC(C)(C)C1.[H+]. The first-order valence-electron chi connectivity index (χ1n) is 12.2. The van der Waals surface area contributed by atoms with Crippen molar-refractivity contribution < 1.29 is 16.1 Å². The van der Waals surface area contributed by atoms with Crippen molar-refractivity contribution in [3.05, 3.63) is 11.6 Å². The van der Waals surface area contributed by atoms with E-state index in [0.717, 1.165) is 25.7 Å². The first-order chi connectivity index (χ1) is 14.4. The number of ketones is 2. The van der Waals surface area contributed by atoms with Crippen LogP contribution in [0, 0.1) is 38.9 Å². The van der Waals surface area contributed by atoms with Gasteiger partial charge in [0.25, 0.3) is 0 Å². The van der Waals surface area contributed by atoms with Crippen molar-refractivity contribution in [3.63, 3.8) is 0 Å². The van der Waals surface area contributed by atoms with Gasteiger partial charge in [0.15, 0.2) is 5.78 Å². The lowest BCUT2D eigenvalue weighted by Gasteiger charge is -2.37. The maximum atomic E-state index is 11.3. The van der Waals surface area contributed by atoms with E-state index in [-0.39, 0.29) is 37.4 Å². The number of hydrogen-bond acceptors (Lipinski definition) is 4. The van der Waals surface area contributed by atoms with Gasteiger partial charge in [-0.3, -0.25) is 9.59 Å². The van der Waals surface area contributed by atoms with Gasteiger partial charge in [-0.25, -0.2) is 0 Å². The van der Waals surface area contributed by atoms with E-state index < -0.39 is 5.41 Å². The highest BCUT2D eigenvalue weighted by molar-refractivity contribution is 5.91. The number of aliphatic hydroxyl groups excluding tert-OH is 1. The van der Waals surface area contributed by atoms with Crippen LogP contribution in [0.25, 0.3) is 0 Å². The highest BCUT2D eigenvalue weighted by Crippen LogP contribution is 2.43. The molecule has 1 N–H and O–H groups in total. The molecule has 3 rings (SSSR count). The summed E-state index contributed by atoms with van der Waals surface area (Å²) >= 11 is 0. The fraction of sp³-hybridized carbons (Fsp3) is 0.828. The molecule has 33 heavy (non-hydrogen) atoms. The molecule has 0 aromatic heterocycles. The van der Waals surface area contributed by atoms with Crippen molar-refractivity contribution in [2.45, 2.75) is 127 Å². The number of rotatable bonds is 0. The summed E-state index contributed by atoms with van der Waals surface area (Å²) in [5.41, 5.74) is 1.40. The fourth-order valence-corrected chi connectivity index (χ4v) is 6.25. The molecule has 4 nitrogen and oxygen atoms in total. The Hall–Kier alpha value is -1.47. The van der Waals surface area contributed by atoms with Gasteiger partial charge in [0.2, 0.25) is 0 Å². The van der Waals surface area contributed by atoms with Crippen LogP contribution in [0.3, 0.4) is 0 Å². The third-order valence-electron chi connectivity index (χ3n) is 6.58.